The average molecular weight is 503 g/mol. The summed E-state index contributed by atoms with van der Waals surface area (Å²) in [5.41, 5.74) is 5.32. The SMILES string of the molecule is I.NC(=NCc1nnc2c(Cl)cc(C(F)(F)F)cn12)N1CCCCCC1. The number of nitrogens with zero attached hydrogens (tertiary/aromatic N) is 5. The minimum absolute atomic E-state index is 0. The van der Waals surface area contributed by atoms with Gasteiger partial charge in [0, 0.05) is 19.3 Å². The number of hydrogen-bond donors (Lipinski definition) is 1. The highest BCUT2D eigenvalue weighted by atomic mass is 127. The predicted molar refractivity (Wildman–Crippen MR) is 104 cm³/mol. The number of pyridine rings is 1. The first-order valence-electron chi connectivity index (χ1n) is 8.01. The Labute approximate surface area is 170 Å². The van der Waals surface area contributed by atoms with Gasteiger partial charge in [0.05, 0.1) is 10.6 Å². The maximum Gasteiger partial charge on any atom is 0.417 e. The van der Waals surface area contributed by atoms with Crippen LogP contribution in [0.25, 0.3) is 5.65 Å². The van der Waals surface area contributed by atoms with Gasteiger partial charge in [-0.05, 0) is 18.9 Å². The number of rotatable bonds is 2. The van der Waals surface area contributed by atoms with Crippen LogP contribution in [-0.2, 0) is 12.7 Å². The van der Waals surface area contributed by atoms with Crippen molar-refractivity contribution in [3.8, 4) is 0 Å². The minimum Gasteiger partial charge on any atom is -0.370 e. The average Bonchev–Trinajstić information content (AvgIpc) is 2.78. The smallest absolute Gasteiger partial charge is 0.370 e. The number of hydrogen-bond acceptors (Lipinski definition) is 3. The van der Waals surface area contributed by atoms with Gasteiger partial charge in [0.25, 0.3) is 0 Å². The molecule has 0 bridgehead atoms. The van der Waals surface area contributed by atoms with Gasteiger partial charge in [0.15, 0.2) is 17.4 Å². The molecular formula is C15H19ClF3IN6. The molecule has 2 aromatic rings. The van der Waals surface area contributed by atoms with Crippen LogP contribution >= 0.6 is 35.6 Å². The van der Waals surface area contributed by atoms with E-state index < -0.39 is 11.7 Å². The highest BCUT2D eigenvalue weighted by molar-refractivity contribution is 14.0. The Morgan fingerprint density at radius 2 is 1.85 bits per heavy atom. The fourth-order valence-electron chi connectivity index (χ4n) is 2.81. The van der Waals surface area contributed by atoms with E-state index in [9.17, 15) is 13.2 Å². The number of guanidine groups is 1. The van der Waals surface area contributed by atoms with E-state index >= 15 is 0 Å². The quantitative estimate of drug-likeness (QED) is 0.386. The number of alkyl halides is 3. The molecule has 0 spiro atoms. The number of fused-ring (bicyclic) bond motifs is 1. The lowest BCUT2D eigenvalue weighted by molar-refractivity contribution is -0.137. The fourth-order valence-corrected chi connectivity index (χ4v) is 3.06. The van der Waals surface area contributed by atoms with Gasteiger partial charge in [-0.15, -0.1) is 34.2 Å². The lowest BCUT2D eigenvalue weighted by Gasteiger charge is -2.20. The molecule has 0 saturated carbocycles. The molecule has 6 nitrogen and oxygen atoms in total. The summed E-state index contributed by atoms with van der Waals surface area (Å²) in [7, 11) is 0. The molecule has 2 N–H and O–H groups in total. The maximum atomic E-state index is 13.0. The van der Waals surface area contributed by atoms with Gasteiger partial charge in [-0.1, -0.05) is 24.4 Å². The summed E-state index contributed by atoms with van der Waals surface area (Å²) in [5, 5.41) is 7.62. The normalized spacial score (nSPS) is 16.5. The minimum atomic E-state index is -4.51. The van der Waals surface area contributed by atoms with Crippen LogP contribution in [0.2, 0.25) is 5.02 Å². The molecule has 0 atom stereocenters. The van der Waals surface area contributed by atoms with Crippen LogP contribution in [0.1, 0.15) is 37.1 Å². The van der Waals surface area contributed by atoms with E-state index in [1.807, 2.05) is 4.90 Å². The van der Waals surface area contributed by atoms with Crippen molar-refractivity contribution >= 4 is 47.2 Å². The van der Waals surface area contributed by atoms with Crippen LogP contribution in [0.3, 0.4) is 0 Å². The fraction of sp³-hybridized carbons (Fsp3) is 0.533. The number of aromatic nitrogens is 3. The first-order chi connectivity index (χ1) is 11.9. The van der Waals surface area contributed by atoms with Crippen molar-refractivity contribution in [1.29, 1.82) is 0 Å². The zero-order chi connectivity index (χ0) is 18.0. The predicted octanol–water partition coefficient (Wildman–Crippen LogP) is 3.71. The number of aliphatic imine (C=N–C) groups is 1. The van der Waals surface area contributed by atoms with Gasteiger partial charge in [0.2, 0.25) is 0 Å². The topological polar surface area (TPSA) is 71.8 Å². The van der Waals surface area contributed by atoms with E-state index in [1.54, 1.807) is 0 Å². The summed E-state index contributed by atoms with van der Waals surface area (Å²) in [6.07, 6.45) is 0.847. The Kier molecular flexibility index (Phi) is 6.94. The number of likely N-dealkylation sites (tertiary alicyclic amines) is 1. The third-order valence-corrected chi connectivity index (χ3v) is 4.45. The number of nitrogens with two attached hydrogens (primary N) is 1. The van der Waals surface area contributed by atoms with Crippen LogP contribution in [0.15, 0.2) is 17.3 Å². The van der Waals surface area contributed by atoms with Crippen LogP contribution in [-0.4, -0.2) is 38.5 Å². The van der Waals surface area contributed by atoms with Gasteiger partial charge in [-0.3, -0.25) is 4.40 Å². The standard InChI is InChI=1S/C15H18ClF3N6.HI/c16-11-7-10(15(17,18)19)9-25-12(22-23-13(11)25)8-21-14(20)24-5-3-1-2-4-6-24;/h7,9H,1-6,8H2,(H2,20,21);1H. The Balaban J connectivity index is 0.00000243. The van der Waals surface area contributed by atoms with Crippen molar-refractivity contribution in [3.05, 3.63) is 28.7 Å². The molecule has 11 heteroatoms. The van der Waals surface area contributed by atoms with Gasteiger partial charge >= 0.3 is 6.18 Å². The second-order valence-corrected chi connectivity index (χ2v) is 6.37. The molecule has 1 aliphatic rings. The van der Waals surface area contributed by atoms with E-state index in [2.05, 4.69) is 15.2 Å². The summed E-state index contributed by atoms with van der Waals surface area (Å²) in [6.45, 7) is 1.70. The molecule has 1 fully saturated rings. The zero-order valence-electron chi connectivity index (χ0n) is 13.8. The Bertz CT molecular complexity index is 784. The van der Waals surface area contributed by atoms with Crippen molar-refractivity contribution in [2.24, 2.45) is 10.7 Å². The molecular weight excluding hydrogens is 484 g/mol. The molecule has 3 heterocycles. The summed E-state index contributed by atoms with van der Waals surface area (Å²) in [5.74, 6) is 0.623. The van der Waals surface area contributed by atoms with E-state index in [0.717, 1.165) is 51.0 Å². The van der Waals surface area contributed by atoms with Gasteiger partial charge in [-0.2, -0.15) is 13.2 Å². The third-order valence-electron chi connectivity index (χ3n) is 4.17. The van der Waals surface area contributed by atoms with Crippen molar-refractivity contribution in [1.82, 2.24) is 19.5 Å². The van der Waals surface area contributed by atoms with Crippen LogP contribution in [0, 0.1) is 0 Å². The molecule has 3 rings (SSSR count). The van der Waals surface area contributed by atoms with Crippen molar-refractivity contribution in [2.45, 2.75) is 38.4 Å². The lowest BCUT2D eigenvalue weighted by atomic mass is 10.2. The maximum absolute atomic E-state index is 13.0. The molecule has 0 unspecified atom stereocenters. The van der Waals surface area contributed by atoms with Crippen molar-refractivity contribution < 1.29 is 13.2 Å². The second kappa shape index (κ2) is 8.59. The van der Waals surface area contributed by atoms with E-state index in [4.69, 9.17) is 17.3 Å². The molecule has 26 heavy (non-hydrogen) atoms. The molecule has 1 saturated heterocycles. The molecule has 0 radical (unpaired) electrons. The highest BCUT2D eigenvalue weighted by Crippen LogP contribution is 2.32. The first-order valence-corrected chi connectivity index (χ1v) is 8.39. The highest BCUT2D eigenvalue weighted by Gasteiger charge is 2.32. The molecule has 0 aromatic carbocycles. The molecule has 0 aliphatic carbocycles. The van der Waals surface area contributed by atoms with E-state index in [-0.39, 0.29) is 47.0 Å². The monoisotopic (exact) mass is 502 g/mol. The van der Waals surface area contributed by atoms with Crippen molar-refractivity contribution in [2.75, 3.05) is 13.1 Å². The van der Waals surface area contributed by atoms with Crippen LogP contribution < -0.4 is 5.73 Å². The second-order valence-electron chi connectivity index (χ2n) is 5.96. The Morgan fingerprint density at radius 3 is 2.46 bits per heavy atom. The molecule has 2 aromatic heterocycles. The van der Waals surface area contributed by atoms with E-state index in [1.165, 1.54) is 4.40 Å². The zero-order valence-corrected chi connectivity index (χ0v) is 16.9. The largest absolute Gasteiger partial charge is 0.417 e. The summed E-state index contributed by atoms with van der Waals surface area (Å²) < 4.78 is 40.1. The van der Waals surface area contributed by atoms with Crippen LogP contribution in [0.4, 0.5) is 13.2 Å². The summed E-state index contributed by atoms with van der Waals surface area (Å²) in [4.78, 5) is 6.27. The van der Waals surface area contributed by atoms with Gasteiger partial charge < -0.3 is 10.6 Å². The molecule has 0 amide bonds. The van der Waals surface area contributed by atoms with Crippen molar-refractivity contribution in [3.63, 3.8) is 0 Å². The van der Waals surface area contributed by atoms with E-state index in [0.29, 0.717) is 5.96 Å². The first kappa shape index (κ1) is 21.0. The number of halogens is 5. The van der Waals surface area contributed by atoms with Gasteiger partial charge in [0.1, 0.15) is 6.54 Å². The van der Waals surface area contributed by atoms with Crippen LogP contribution in [0.5, 0.6) is 0 Å². The van der Waals surface area contributed by atoms with Gasteiger partial charge in [-0.25, -0.2) is 4.99 Å². The molecule has 144 valence electrons. The third kappa shape index (κ3) is 4.70. The Hall–Kier alpha value is -1.30. The lowest BCUT2D eigenvalue weighted by Crippen LogP contribution is -2.38. The summed E-state index contributed by atoms with van der Waals surface area (Å²) >= 11 is 5.89. The Morgan fingerprint density at radius 1 is 1.19 bits per heavy atom. The summed E-state index contributed by atoms with van der Waals surface area (Å²) in [6, 6.07) is 0.838. The molecule has 1 aliphatic heterocycles.